The monoisotopic (exact) mass is 277 g/mol. The highest BCUT2D eigenvalue weighted by Gasteiger charge is 1.99. The van der Waals surface area contributed by atoms with Crippen molar-refractivity contribution in [1.29, 1.82) is 0 Å². The van der Waals surface area contributed by atoms with Gasteiger partial charge in [-0.3, -0.25) is 0 Å². The minimum absolute atomic E-state index is 0.792. The molecule has 0 amide bonds. The summed E-state index contributed by atoms with van der Waals surface area (Å²) < 4.78 is 0. The zero-order valence-electron chi connectivity index (χ0n) is 10.5. The van der Waals surface area contributed by atoms with Gasteiger partial charge in [-0.25, -0.2) is 0 Å². The molecule has 94 valence electrons. The normalized spacial score (nSPS) is 10.4. The quantitative estimate of drug-likeness (QED) is 0.791. The van der Waals surface area contributed by atoms with Crippen LogP contribution in [0.1, 0.15) is 11.1 Å². The summed E-state index contributed by atoms with van der Waals surface area (Å²) in [5.74, 6) is 0. The largest absolute Gasteiger partial charge is 0.381 e. The van der Waals surface area contributed by atoms with Crippen LogP contribution in [0.25, 0.3) is 0 Å². The number of nitrogens with one attached hydrogen (secondary N) is 1. The first-order valence-corrected chi connectivity index (χ1v) is 7.42. The highest BCUT2D eigenvalue weighted by atomic mass is 35.5. The number of rotatable bonds is 4. The molecule has 2 aromatic carbocycles. The van der Waals surface area contributed by atoms with E-state index in [1.165, 1.54) is 16.0 Å². The third-order valence-electron chi connectivity index (χ3n) is 2.88. The van der Waals surface area contributed by atoms with E-state index in [1.807, 2.05) is 12.1 Å². The van der Waals surface area contributed by atoms with E-state index in [1.54, 1.807) is 11.8 Å². The lowest BCUT2D eigenvalue weighted by atomic mass is 10.1. The van der Waals surface area contributed by atoms with Gasteiger partial charge in [-0.1, -0.05) is 17.7 Å². The molecule has 1 nitrogen and oxygen atoms in total. The SMILES string of the molecule is CSc1ccc(NCc2ccc(Cl)cc2C)cc1. The van der Waals surface area contributed by atoms with Crippen LogP contribution in [0.15, 0.2) is 47.4 Å². The third-order valence-corrected chi connectivity index (χ3v) is 3.86. The van der Waals surface area contributed by atoms with Gasteiger partial charge < -0.3 is 5.32 Å². The van der Waals surface area contributed by atoms with Gasteiger partial charge in [0.2, 0.25) is 0 Å². The Labute approximate surface area is 118 Å². The van der Waals surface area contributed by atoms with Crippen LogP contribution in [0.3, 0.4) is 0 Å². The summed E-state index contributed by atoms with van der Waals surface area (Å²) in [5, 5.41) is 4.21. The molecule has 0 saturated heterocycles. The van der Waals surface area contributed by atoms with Crippen molar-refractivity contribution in [3.8, 4) is 0 Å². The number of halogens is 1. The molecule has 0 radical (unpaired) electrons. The summed E-state index contributed by atoms with van der Waals surface area (Å²) in [6.07, 6.45) is 2.08. The van der Waals surface area contributed by atoms with Crippen molar-refractivity contribution in [3.63, 3.8) is 0 Å². The molecular weight excluding hydrogens is 262 g/mol. The van der Waals surface area contributed by atoms with E-state index >= 15 is 0 Å². The standard InChI is InChI=1S/C15H16ClNS/c1-11-9-13(16)4-3-12(11)10-17-14-5-7-15(18-2)8-6-14/h3-9,17H,10H2,1-2H3. The highest BCUT2D eigenvalue weighted by Crippen LogP contribution is 2.19. The van der Waals surface area contributed by atoms with Crippen molar-refractivity contribution in [1.82, 2.24) is 0 Å². The lowest BCUT2D eigenvalue weighted by Crippen LogP contribution is -2.01. The van der Waals surface area contributed by atoms with E-state index in [-0.39, 0.29) is 0 Å². The molecule has 0 aliphatic heterocycles. The van der Waals surface area contributed by atoms with E-state index in [9.17, 15) is 0 Å². The topological polar surface area (TPSA) is 12.0 Å². The van der Waals surface area contributed by atoms with Crippen molar-refractivity contribution in [3.05, 3.63) is 58.6 Å². The fraction of sp³-hybridized carbons (Fsp3) is 0.200. The molecule has 3 heteroatoms. The first kappa shape index (κ1) is 13.3. The molecule has 18 heavy (non-hydrogen) atoms. The maximum Gasteiger partial charge on any atom is 0.0408 e. The molecule has 0 unspecified atom stereocenters. The van der Waals surface area contributed by atoms with Gasteiger partial charge in [-0.15, -0.1) is 11.8 Å². The van der Waals surface area contributed by atoms with Gasteiger partial charge in [0.15, 0.2) is 0 Å². The van der Waals surface area contributed by atoms with E-state index < -0.39 is 0 Å². The molecule has 0 fully saturated rings. The minimum atomic E-state index is 0.792. The summed E-state index contributed by atoms with van der Waals surface area (Å²) in [6.45, 7) is 2.90. The molecule has 0 saturated carbocycles. The molecule has 2 rings (SSSR count). The van der Waals surface area contributed by atoms with Crippen molar-refractivity contribution in [2.75, 3.05) is 11.6 Å². The van der Waals surface area contributed by atoms with Crippen molar-refractivity contribution >= 4 is 29.1 Å². The van der Waals surface area contributed by atoms with Crippen LogP contribution in [0.2, 0.25) is 5.02 Å². The average molecular weight is 278 g/mol. The molecule has 0 aromatic heterocycles. The molecule has 0 aliphatic carbocycles. The lowest BCUT2D eigenvalue weighted by molar-refractivity contribution is 1.12. The third kappa shape index (κ3) is 3.44. The van der Waals surface area contributed by atoms with Gasteiger partial charge >= 0.3 is 0 Å². The number of hydrogen-bond donors (Lipinski definition) is 1. The average Bonchev–Trinajstić information content (AvgIpc) is 2.38. The highest BCUT2D eigenvalue weighted by molar-refractivity contribution is 7.98. The van der Waals surface area contributed by atoms with Crippen molar-refractivity contribution in [2.24, 2.45) is 0 Å². The van der Waals surface area contributed by atoms with Gasteiger partial charge in [-0.05, 0) is 60.7 Å². The van der Waals surface area contributed by atoms with Crippen LogP contribution in [-0.2, 0) is 6.54 Å². The molecule has 0 heterocycles. The van der Waals surface area contributed by atoms with Crippen molar-refractivity contribution in [2.45, 2.75) is 18.4 Å². The fourth-order valence-corrected chi connectivity index (χ4v) is 2.40. The molecule has 0 bridgehead atoms. The summed E-state index contributed by atoms with van der Waals surface area (Å²) in [4.78, 5) is 1.28. The Morgan fingerprint density at radius 1 is 1.11 bits per heavy atom. The Morgan fingerprint density at radius 3 is 2.44 bits per heavy atom. The molecular formula is C15H16ClNS. The van der Waals surface area contributed by atoms with Crippen LogP contribution in [0, 0.1) is 6.92 Å². The summed E-state index contributed by atoms with van der Waals surface area (Å²) in [6, 6.07) is 14.5. The van der Waals surface area contributed by atoms with Crippen LogP contribution >= 0.6 is 23.4 Å². The second-order valence-electron chi connectivity index (χ2n) is 4.15. The number of anilines is 1. The van der Waals surface area contributed by atoms with Crippen molar-refractivity contribution < 1.29 is 0 Å². The van der Waals surface area contributed by atoms with Gasteiger partial charge in [0.1, 0.15) is 0 Å². The van der Waals surface area contributed by atoms with Gasteiger partial charge in [-0.2, -0.15) is 0 Å². The van der Waals surface area contributed by atoms with Gasteiger partial charge in [0.25, 0.3) is 0 Å². The smallest absolute Gasteiger partial charge is 0.0408 e. The Balaban J connectivity index is 2.02. The van der Waals surface area contributed by atoms with E-state index in [2.05, 4.69) is 48.8 Å². The lowest BCUT2D eigenvalue weighted by Gasteiger charge is -2.09. The minimum Gasteiger partial charge on any atom is -0.381 e. The number of aryl methyl sites for hydroxylation is 1. The zero-order valence-corrected chi connectivity index (χ0v) is 12.1. The molecule has 0 aliphatic rings. The number of thioether (sulfide) groups is 1. The number of hydrogen-bond acceptors (Lipinski definition) is 2. The Hall–Kier alpha value is -1.12. The summed E-state index contributed by atoms with van der Waals surface area (Å²) in [5.41, 5.74) is 3.63. The predicted octanol–water partition coefficient (Wildman–Crippen LogP) is 4.98. The molecule has 2 aromatic rings. The van der Waals surface area contributed by atoms with E-state index in [4.69, 9.17) is 11.6 Å². The second-order valence-corrected chi connectivity index (χ2v) is 5.47. The molecule has 1 N–H and O–H groups in total. The predicted molar refractivity (Wildman–Crippen MR) is 81.7 cm³/mol. The Kier molecular flexibility index (Phi) is 4.56. The van der Waals surface area contributed by atoms with Gasteiger partial charge in [0.05, 0.1) is 0 Å². The van der Waals surface area contributed by atoms with E-state index in [0.29, 0.717) is 0 Å². The maximum atomic E-state index is 5.94. The zero-order chi connectivity index (χ0) is 13.0. The number of benzene rings is 2. The fourth-order valence-electron chi connectivity index (χ4n) is 1.76. The summed E-state index contributed by atoms with van der Waals surface area (Å²) >= 11 is 7.70. The first-order valence-electron chi connectivity index (χ1n) is 5.82. The van der Waals surface area contributed by atoms with Crippen LogP contribution in [0.5, 0.6) is 0 Å². The second kappa shape index (κ2) is 6.17. The Morgan fingerprint density at radius 2 is 1.83 bits per heavy atom. The van der Waals surface area contributed by atoms with Gasteiger partial charge in [0, 0.05) is 22.2 Å². The molecule has 0 spiro atoms. The first-order chi connectivity index (χ1) is 8.69. The van der Waals surface area contributed by atoms with E-state index in [0.717, 1.165) is 17.3 Å². The van der Waals surface area contributed by atoms with Crippen LogP contribution in [0.4, 0.5) is 5.69 Å². The summed E-state index contributed by atoms with van der Waals surface area (Å²) in [7, 11) is 0. The molecule has 0 atom stereocenters. The Bertz CT molecular complexity index is 523. The van der Waals surface area contributed by atoms with Crippen LogP contribution in [-0.4, -0.2) is 6.26 Å². The van der Waals surface area contributed by atoms with Crippen LogP contribution < -0.4 is 5.32 Å². The maximum absolute atomic E-state index is 5.94.